The monoisotopic (exact) mass is 334 g/mol. The van der Waals surface area contributed by atoms with Crippen LogP contribution in [-0.2, 0) is 4.74 Å². The van der Waals surface area contributed by atoms with Gasteiger partial charge in [-0.15, -0.1) is 0 Å². The van der Waals surface area contributed by atoms with Crippen molar-refractivity contribution < 1.29 is 13.9 Å². The Labute approximate surface area is 144 Å². The third kappa shape index (κ3) is 2.78. The molecule has 3 heterocycles. The van der Waals surface area contributed by atoms with Gasteiger partial charge < -0.3 is 9.15 Å². The van der Waals surface area contributed by atoms with Gasteiger partial charge in [0.2, 0.25) is 0 Å². The van der Waals surface area contributed by atoms with E-state index >= 15 is 0 Å². The summed E-state index contributed by atoms with van der Waals surface area (Å²) in [6.07, 6.45) is 2.92. The van der Waals surface area contributed by atoms with Crippen molar-refractivity contribution in [3.8, 4) is 11.3 Å². The number of nitrogens with zero attached hydrogens (tertiary/aromatic N) is 2. The fourth-order valence-corrected chi connectivity index (χ4v) is 2.82. The standard InChI is InChI=1S/C20H18N2O3/c1-20(2,3)25-19(23)22-12-15(14-8-6-10-21-18(14)22)17-11-13-7-4-5-9-16(13)24-17/h4-12H,1-3H3. The SMILES string of the molecule is CC(C)(C)OC(=O)n1cc(-c2cc3ccccc3o2)c2cccnc21. The first kappa shape index (κ1) is 15.4. The number of hydrogen-bond donors (Lipinski definition) is 0. The Balaban J connectivity index is 1.89. The highest BCUT2D eigenvalue weighted by molar-refractivity contribution is 5.99. The van der Waals surface area contributed by atoms with Crippen LogP contribution in [0.1, 0.15) is 20.8 Å². The van der Waals surface area contributed by atoms with E-state index in [-0.39, 0.29) is 0 Å². The number of ether oxygens (including phenoxy) is 1. The third-order valence-electron chi connectivity index (χ3n) is 3.84. The molecular weight excluding hydrogens is 316 g/mol. The van der Waals surface area contributed by atoms with Gasteiger partial charge >= 0.3 is 6.09 Å². The number of carbonyl (C=O) groups is 1. The Morgan fingerprint density at radius 1 is 1.16 bits per heavy atom. The van der Waals surface area contributed by atoms with Crippen molar-refractivity contribution in [2.75, 3.05) is 0 Å². The summed E-state index contributed by atoms with van der Waals surface area (Å²) in [5.41, 5.74) is 1.58. The van der Waals surface area contributed by atoms with Crippen LogP contribution in [0.15, 0.2) is 59.3 Å². The van der Waals surface area contributed by atoms with Crippen LogP contribution in [-0.4, -0.2) is 21.2 Å². The number of benzene rings is 1. The minimum atomic E-state index is -0.581. The predicted octanol–water partition coefficient (Wildman–Crippen LogP) is 5.23. The Hall–Kier alpha value is -3.08. The van der Waals surface area contributed by atoms with Crippen LogP contribution in [0.3, 0.4) is 0 Å². The molecule has 0 spiro atoms. The number of pyridine rings is 1. The second-order valence-electron chi connectivity index (χ2n) is 6.92. The molecule has 0 unspecified atom stereocenters. The van der Waals surface area contributed by atoms with E-state index in [2.05, 4.69) is 4.98 Å². The molecular formula is C20H18N2O3. The molecule has 1 aromatic carbocycles. The second kappa shape index (κ2) is 5.48. The van der Waals surface area contributed by atoms with Crippen molar-refractivity contribution in [1.29, 1.82) is 0 Å². The number of fused-ring (bicyclic) bond motifs is 2. The fraction of sp³-hybridized carbons (Fsp3) is 0.200. The summed E-state index contributed by atoms with van der Waals surface area (Å²) in [7, 11) is 0. The summed E-state index contributed by atoms with van der Waals surface area (Å²) in [6.45, 7) is 5.51. The Kier molecular flexibility index (Phi) is 3.39. The molecule has 0 N–H and O–H groups in total. The van der Waals surface area contributed by atoms with E-state index < -0.39 is 11.7 Å². The highest BCUT2D eigenvalue weighted by atomic mass is 16.6. The Bertz CT molecular complexity index is 1050. The fourth-order valence-electron chi connectivity index (χ4n) is 2.82. The Morgan fingerprint density at radius 2 is 1.96 bits per heavy atom. The molecule has 126 valence electrons. The molecule has 0 atom stereocenters. The maximum atomic E-state index is 12.6. The molecule has 3 aromatic heterocycles. The lowest BCUT2D eigenvalue weighted by atomic mass is 10.1. The van der Waals surface area contributed by atoms with Gasteiger partial charge in [-0.2, -0.15) is 0 Å². The van der Waals surface area contributed by atoms with Crippen molar-refractivity contribution in [3.63, 3.8) is 0 Å². The van der Waals surface area contributed by atoms with Crippen molar-refractivity contribution in [1.82, 2.24) is 9.55 Å². The van der Waals surface area contributed by atoms with Crippen LogP contribution in [0.25, 0.3) is 33.3 Å². The van der Waals surface area contributed by atoms with Crippen molar-refractivity contribution in [3.05, 3.63) is 54.9 Å². The number of furan rings is 1. The first-order valence-electron chi connectivity index (χ1n) is 8.11. The topological polar surface area (TPSA) is 57.3 Å². The van der Waals surface area contributed by atoms with E-state index in [0.717, 1.165) is 21.9 Å². The van der Waals surface area contributed by atoms with Crippen molar-refractivity contribution >= 4 is 28.1 Å². The quantitative estimate of drug-likeness (QED) is 0.478. The lowest BCUT2D eigenvalue weighted by Crippen LogP contribution is -2.26. The summed E-state index contributed by atoms with van der Waals surface area (Å²) in [6, 6.07) is 13.5. The van der Waals surface area contributed by atoms with Gasteiger partial charge in [-0.3, -0.25) is 0 Å². The molecule has 4 rings (SSSR count). The molecule has 0 aliphatic rings. The van der Waals surface area contributed by atoms with Gasteiger partial charge in [0.15, 0.2) is 0 Å². The van der Waals surface area contributed by atoms with Gasteiger partial charge in [0, 0.05) is 28.7 Å². The van der Waals surface area contributed by atoms with Crippen molar-refractivity contribution in [2.24, 2.45) is 0 Å². The van der Waals surface area contributed by atoms with Gasteiger partial charge in [-0.1, -0.05) is 18.2 Å². The molecule has 0 fully saturated rings. The van der Waals surface area contributed by atoms with Crippen LogP contribution in [0, 0.1) is 0 Å². The smallest absolute Gasteiger partial charge is 0.420 e. The van der Waals surface area contributed by atoms with Gasteiger partial charge in [-0.25, -0.2) is 14.3 Å². The average molecular weight is 334 g/mol. The minimum absolute atomic E-state index is 0.460. The maximum absolute atomic E-state index is 12.6. The first-order chi connectivity index (χ1) is 11.9. The molecule has 0 aliphatic heterocycles. The van der Waals surface area contributed by atoms with E-state index in [1.165, 1.54) is 4.57 Å². The molecule has 5 heteroatoms. The predicted molar refractivity (Wildman–Crippen MR) is 96.6 cm³/mol. The zero-order valence-corrected chi connectivity index (χ0v) is 14.3. The summed E-state index contributed by atoms with van der Waals surface area (Å²) in [4.78, 5) is 16.9. The third-order valence-corrected chi connectivity index (χ3v) is 3.84. The highest BCUT2D eigenvalue weighted by Gasteiger charge is 2.22. The molecule has 25 heavy (non-hydrogen) atoms. The zero-order chi connectivity index (χ0) is 17.6. The summed E-state index contributed by atoms with van der Waals surface area (Å²) >= 11 is 0. The van der Waals surface area contributed by atoms with Crippen LogP contribution in [0.2, 0.25) is 0 Å². The second-order valence-corrected chi connectivity index (χ2v) is 6.92. The molecule has 0 amide bonds. The molecule has 0 radical (unpaired) electrons. The van der Waals surface area contributed by atoms with Crippen LogP contribution < -0.4 is 0 Å². The summed E-state index contributed by atoms with van der Waals surface area (Å²) in [5.74, 6) is 0.696. The van der Waals surface area contributed by atoms with E-state index in [0.29, 0.717) is 11.4 Å². The van der Waals surface area contributed by atoms with Crippen LogP contribution in [0.4, 0.5) is 4.79 Å². The van der Waals surface area contributed by atoms with E-state index in [1.807, 2.05) is 63.2 Å². The molecule has 5 nitrogen and oxygen atoms in total. The van der Waals surface area contributed by atoms with Gasteiger partial charge in [0.25, 0.3) is 0 Å². The van der Waals surface area contributed by atoms with Crippen LogP contribution in [0.5, 0.6) is 0 Å². The molecule has 4 aromatic rings. The highest BCUT2D eigenvalue weighted by Crippen LogP contribution is 2.33. The first-order valence-corrected chi connectivity index (χ1v) is 8.11. The Morgan fingerprint density at radius 3 is 2.72 bits per heavy atom. The number of carbonyl (C=O) groups excluding carboxylic acids is 1. The lowest BCUT2D eigenvalue weighted by molar-refractivity contribution is 0.0544. The molecule has 0 saturated carbocycles. The molecule has 0 aliphatic carbocycles. The zero-order valence-electron chi connectivity index (χ0n) is 14.3. The normalized spacial score (nSPS) is 12.0. The van der Waals surface area contributed by atoms with E-state index in [1.54, 1.807) is 12.4 Å². The van der Waals surface area contributed by atoms with Crippen LogP contribution >= 0.6 is 0 Å². The molecule has 0 bridgehead atoms. The number of aromatic nitrogens is 2. The average Bonchev–Trinajstić information content (AvgIpc) is 3.14. The largest absolute Gasteiger partial charge is 0.456 e. The van der Waals surface area contributed by atoms with Crippen molar-refractivity contribution in [2.45, 2.75) is 26.4 Å². The number of hydrogen-bond acceptors (Lipinski definition) is 4. The van der Waals surface area contributed by atoms with E-state index in [4.69, 9.17) is 9.15 Å². The lowest BCUT2D eigenvalue weighted by Gasteiger charge is -2.19. The number of rotatable bonds is 1. The molecule has 0 saturated heterocycles. The van der Waals surface area contributed by atoms with Gasteiger partial charge in [-0.05, 0) is 45.0 Å². The number of para-hydroxylation sites is 1. The van der Waals surface area contributed by atoms with Gasteiger partial charge in [0.05, 0.1) is 0 Å². The summed E-state index contributed by atoms with van der Waals surface area (Å²) in [5, 5.41) is 1.85. The minimum Gasteiger partial charge on any atom is -0.456 e. The van der Waals surface area contributed by atoms with E-state index in [9.17, 15) is 4.79 Å². The van der Waals surface area contributed by atoms with Gasteiger partial charge in [0.1, 0.15) is 22.6 Å². The maximum Gasteiger partial charge on any atom is 0.420 e. The summed E-state index contributed by atoms with van der Waals surface area (Å²) < 4.78 is 12.9.